The van der Waals surface area contributed by atoms with Crippen LogP contribution in [0.3, 0.4) is 0 Å². The molecule has 0 spiro atoms. The molecule has 3 aromatic carbocycles. The number of carbonyl (C=O) groups excluding carboxylic acids is 1. The van der Waals surface area contributed by atoms with Gasteiger partial charge in [-0.25, -0.2) is 4.98 Å². The predicted molar refractivity (Wildman–Crippen MR) is 158 cm³/mol. The van der Waals surface area contributed by atoms with Gasteiger partial charge in [0.15, 0.2) is 4.90 Å². The zero-order chi connectivity index (χ0) is 28.2. The summed E-state index contributed by atoms with van der Waals surface area (Å²) in [4.78, 5) is 24.6. The molecule has 1 aromatic heterocycles. The van der Waals surface area contributed by atoms with E-state index in [4.69, 9.17) is 19.4 Å². The van der Waals surface area contributed by atoms with Crippen molar-refractivity contribution in [2.75, 3.05) is 37.9 Å². The van der Waals surface area contributed by atoms with Crippen LogP contribution in [0.15, 0.2) is 102 Å². The molecule has 0 saturated heterocycles. The Morgan fingerprint density at radius 3 is 2.05 bits per heavy atom. The Balaban J connectivity index is 1.29. The molecule has 9 heteroatoms. The van der Waals surface area contributed by atoms with Gasteiger partial charge in [-0.1, -0.05) is 78.9 Å². The van der Waals surface area contributed by atoms with Crippen LogP contribution in [0.25, 0.3) is 22.5 Å². The first kappa shape index (κ1) is 29.2. The fraction of sp³-hybridized carbons (Fsp3) is 0.258. The molecule has 4 rings (SSSR count). The zero-order valence-electron chi connectivity index (χ0n) is 22.7. The van der Waals surface area contributed by atoms with Crippen molar-refractivity contribution in [1.82, 2.24) is 14.7 Å². The molecule has 0 aliphatic carbocycles. The highest BCUT2D eigenvalue weighted by Crippen LogP contribution is 2.30. The van der Waals surface area contributed by atoms with Gasteiger partial charge >= 0.3 is 0 Å². The summed E-state index contributed by atoms with van der Waals surface area (Å²) in [5.74, 6) is 0.330. The molecule has 1 atom stereocenters. The molecule has 0 aliphatic heterocycles. The highest BCUT2D eigenvalue weighted by Gasteiger charge is 2.18. The summed E-state index contributed by atoms with van der Waals surface area (Å²) in [6.45, 7) is 5.67. The van der Waals surface area contributed by atoms with E-state index in [-0.39, 0.29) is 19.3 Å². The van der Waals surface area contributed by atoms with Crippen molar-refractivity contribution in [2.24, 2.45) is 0 Å². The van der Waals surface area contributed by atoms with Crippen LogP contribution < -0.4 is 9.62 Å². The number of rotatable bonds is 14. The molecule has 0 radical (unpaired) electrons. The Hall–Kier alpha value is -3.76. The summed E-state index contributed by atoms with van der Waals surface area (Å²) in [6, 6.07) is 29.1. The molecule has 1 unspecified atom stereocenters. The van der Waals surface area contributed by atoms with Crippen molar-refractivity contribution in [3.8, 4) is 22.5 Å². The monoisotopic (exact) mass is 558 g/mol. The van der Waals surface area contributed by atoms with Crippen LogP contribution in [0.4, 0.5) is 5.82 Å². The minimum absolute atomic E-state index is 0.175. The third-order valence-corrected chi connectivity index (χ3v) is 7.13. The van der Waals surface area contributed by atoms with Crippen LogP contribution in [0, 0.1) is 0 Å². The number of aromatic nitrogens is 2. The summed E-state index contributed by atoms with van der Waals surface area (Å²) in [7, 11) is 0. The van der Waals surface area contributed by atoms with Gasteiger partial charge in [0.1, 0.15) is 23.8 Å². The van der Waals surface area contributed by atoms with Crippen LogP contribution >= 0.6 is 0 Å². The zero-order valence-corrected chi connectivity index (χ0v) is 23.5. The number of carbonyl (C=O) groups is 1. The number of hydrogen-bond donors (Lipinski definition) is 1. The largest absolute Gasteiger partial charge is 0.588 e. The predicted octanol–water partition coefficient (Wildman–Crippen LogP) is 4.90. The Labute approximate surface area is 238 Å². The van der Waals surface area contributed by atoms with E-state index < -0.39 is 17.3 Å². The van der Waals surface area contributed by atoms with Gasteiger partial charge < -0.3 is 18.9 Å². The Kier molecular flexibility index (Phi) is 11.1. The van der Waals surface area contributed by atoms with Crippen LogP contribution in [-0.2, 0) is 25.6 Å². The molecule has 0 saturated carbocycles. The highest BCUT2D eigenvalue weighted by molar-refractivity contribution is 7.90. The van der Waals surface area contributed by atoms with E-state index in [0.29, 0.717) is 24.7 Å². The highest BCUT2D eigenvalue weighted by atomic mass is 32.2. The lowest BCUT2D eigenvalue weighted by molar-refractivity contribution is -0.124. The van der Waals surface area contributed by atoms with Crippen molar-refractivity contribution in [2.45, 2.75) is 24.8 Å². The maximum atomic E-state index is 12.1. The quantitative estimate of drug-likeness (QED) is 0.174. The van der Waals surface area contributed by atoms with Crippen molar-refractivity contribution in [3.05, 3.63) is 97.2 Å². The molecule has 0 bridgehead atoms. The van der Waals surface area contributed by atoms with Gasteiger partial charge in [0.2, 0.25) is 0 Å². The molecule has 1 heterocycles. The third kappa shape index (κ3) is 8.37. The van der Waals surface area contributed by atoms with E-state index >= 15 is 0 Å². The van der Waals surface area contributed by atoms with Crippen molar-refractivity contribution >= 4 is 23.1 Å². The SMILES string of the molecule is CC(C)N(CCOCCOCC(=O)N[S+]([O-])c1ccccc1)c1cnc(-c2ccccc2)c(-c2ccccc2)n1. The first-order chi connectivity index (χ1) is 19.5. The molecular formula is C31H34N4O4S. The summed E-state index contributed by atoms with van der Waals surface area (Å²) in [5, 5.41) is 0. The van der Waals surface area contributed by atoms with Gasteiger partial charge in [-0.15, -0.1) is 0 Å². The number of hydrogen-bond acceptors (Lipinski definition) is 7. The molecule has 0 aliphatic rings. The number of benzene rings is 3. The minimum Gasteiger partial charge on any atom is -0.588 e. The first-order valence-electron chi connectivity index (χ1n) is 13.2. The van der Waals surface area contributed by atoms with Gasteiger partial charge in [-0.05, 0) is 26.0 Å². The normalized spacial score (nSPS) is 11.8. The standard InChI is InChI=1S/C31H34N4O4S/c1-24(2)35(18-19-38-20-21-39-23-29(36)34-40(37)27-16-10-5-11-17-27)28-22-32-30(25-12-6-3-7-13-25)31(33-28)26-14-8-4-9-15-26/h3-17,22,24H,18-21,23H2,1-2H3,(H,34,36). The molecule has 40 heavy (non-hydrogen) atoms. The van der Waals surface area contributed by atoms with E-state index in [2.05, 4.69) is 23.5 Å². The Bertz CT molecular complexity index is 1330. The van der Waals surface area contributed by atoms with E-state index in [1.54, 1.807) is 24.3 Å². The molecule has 1 amide bonds. The lowest BCUT2D eigenvalue weighted by Gasteiger charge is -2.28. The van der Waals surface area contributed by atoms with Crippen molar-refractivity contribution in [3.63, 3.8) is 0 Å². The minimum atomic E-state index is -1.61. The van der Waals surface area contributed by atoms with Gasteiger partial charge in [0, 0.05) is 23.7 Å². The van der Waals surface area contributed by atoms with Gasteiger partial charge in [0.05, 0.1) is 37.4 Å². The maximum Gasteiger partial charge on any atom is 0.287 e. The van der Waals surface area contributed by atoms with E-state index in [9.17, 15) is 9.35 Å². The molecule has 0 fully saturated rings. The second-order valence-electron chi connectivity index (χ2n) is 9.22. The van der Waals surface area contributed by atoms with E-state index in [1.807, 2.05) is 72.9 Å². The smallest absolute Gasteiger partial charge is 0.287 e. The Morgan fingerprint density at radius 2 is 1.43 bits per heavy atom. The lowest BCUT2D eigenvalue weighted by atomic mass is 10.0. The number of ether oxygens (including phenoxy) is 2. The average molecular weight is 559 g/mol. The third-order valence-electron chi connectivity index (χ3n) is 6.02. The summed E-state index contributed by atoms with van der Waals surface area (Å²) >= 11 is -1.61. The number of nitrogens with one attached hydrogen (secondary N) is 1. The van der Waals surface area contributed by atoms with E-state index in [0.717, 1.165) is 28.3 Å². The Morgan fingerprint density at radius 1 is 0.850 bits per heavy atom. The van der Waals surface area contributed by atoms with Crippen molar-refractivity contribution < 1.29 is 18.8 Å². The molecule has 4 aromatic rings. The first-order valence-corrected chi connectivity index (χ1v) is 14.3. The number of amides is 1. The fourth-order valence-corrected chi connectivity index (χ4v) is 4.83. The molecular weight excluding hydrogens is 524 g/mol. The second kappa shape index (κ2) is 15.1. The second-order valence-corrected chi connectivity index (χ2v) is 10.4. The van der Waals surface area contributed by atoms with Crippen LogP contribution in [0.1, 0.15) is 13.8 Å². The van der Waals surface area contributed by atoms with Crippen LogP contribution in [0.2, 0.25) is 0 Å². The summed E-state index contributed by atoms with van der Waals surface area (Å²) in [6.07, 6.45) is 1.82. The maximum absolute atomic E-state index is 12.1. The summed E-state index contributed by atoms with van der Waals surface area (Å²) < 4.78 is 25.7. The summed E-state index contributed by atoms with van der Waals surface area (Å²) in [5.41, 5.74) is 3.68. The molecule has 1 N–H and O–H groups in total. The van der Waals surface area contributed by atoms with Gasteiger partial charge in [-0.2, -0.15) is 4.72 Å². The fourth-order valence-electron chi connectivity index (χ4n) is 4.04. The van der Waals surface area contributed by atoms with Crippen LogP contribution in [0.5, 0.6) is 0 Å². The molecule has 8 nitrogen and oxygen atoms in total. The van der Waals surface area contributed by atoms with Gasteiger partial charge in [-0.3, -0.25) is 9.78 Å². The topological polar surface area (TPSA) is 99.6 Å². The van der Waals surface area contributed by atoms with E-state index in [1.165, 1.54) is 0 Å². The van der Waals surface area contributed by atoms with Crippen LogP contribution in [-0.4, -0.2) is 59.4 Å². The van der Waals surface area contributed by atoms with Crippen molar-refractivity contribution in [1.29, 1.82) is 0 Å². The van der Waals surface area contributed by atoms with Gasteiger partial charge in [0.25, 0.3) is 5.91 Å². The lowest BCUT2D eigenvalue weighted by Crippen LogP contribution is -2.35. The number of nitrogens with zero attached hydrogens (tertiary/aromatic N) is 3. The average Bonchev–Trinajstić information content (AvgIpc) is 2.99. The molecule has 208 valence electrons. The number of anilines is 1.